The van der Waals surface area contributed by atoms with E-state index >= 15 is 0 Å². The van der Waals surface area contributed by atoms with Crippen LogP contribution in [0.4, 0.5) is 0 Å². The molecule has 0 aromatic heterocycles. The minimum Gasteiger partial charge on any atom is -0.393 e. The highest BCUT2D eigenvalue weighted by Crippen LogP contribution is 2.26. The lowest BCUT2D eigenvalue weighted by atomic mass is 9.97. The normalized spacial score (nSPS) is 20.8. The maximum absolute atomic E-state index is 9.60. The van der Waals surface area contributed by atoms with Gasteiger partial charge in [0, 0.05) is 6.42 Å². The van der Waals surface area contributed by atoms with E-state index in [0.717, 1.165) is 0 Å². The van der Waals surface area contributed by atoms with Crippen LogP contribution in [0.25, 0.3) is 0 Å². The summed E-state index contributed by atoms with van der Waals surface area (Å²) in [7, 11) is 0. The van der Waals surface area contributed by atoms with E-state index < -0.39 is 24.6 Å². The van der Waals surface area contributed by atoms with Crippen molar-refractivity contribution in [1.82, 2.24) is 0 Å². The third-order valence-corrected chi connectivity index (χ3v) is 2.76. The summed E-state index contributed by atoms with van der Waals surface area (Å²) in [5.41, 5.74) is -1.38. The Kier molecular flexibility index (Phi) is 4.48. The minimum atomic E-state index is -1.38. The standard InChI is InChI=1S/C10H20O5/c1-9(14-5-6-15-9)3-2-4-10(13,7-11)8-12/h11-13H,2-8H2,1H3. The molecule has 5 heteroatoms. The molecule has 1 fully saturated rings. The molecule has 1 heterocycles. The molecule has 1 rings (SSSR count). The van der Waals surface area contributed by atoms with Crippen LogP contribution in [0.2, 0.25) is 0 Å². The van der Waals surface area contributed by atoms with Crippen molar-refractivity contribution >= 4 is 0 Å². The third kappa shape index (κ3) is 3.70. The third-order valence-electron chi connectivity index (χ3n) is 2.76. The van der Waals surface area contributed by atoms with E-state index in [9.17, 15) is 5.11 Å². The Morgan fingerprint density at radius 2 is 1.73 bits per heavy atom. The second-order valence-electron chi connectivity index (χ2n) is 4.22. The van der Waals surface area contributed by atoms with Gasteiger partial charge in [-0.3, -0.25) is 0 Å². The van der Waals surface area contributed by atoms with Gasteiger partial charge in [-0.2, -0.15) is 0 Å². The molecule has 0 aromatic rings. The topological polar surface area (TPSA) is 79.2 Å². The largest absolute Gasteiger partial charge is 0.393 e. The van der Waals surface area contributed by atoms with Crippen LogP contribution in [0.1, 0.15) is 26.2 Å². The van der Waals surface area contributed by atoms with Gasteiger partial charge in [0.2, 0.25) is 0 Å². The maximum atomic E-state index is 9.60. The predicted molar refractivity (Wildman–Crippen MR) is 53.3 cm³/mol. The summed E-state index contributed by atoms with van der Waals surface area (Å²) in [6.45, 7) is 2.20. The van der Waals surface area contributed by atoms with Crippen LogP contribution in [0.15, 0.2) is 0 Å². The molecule has 0 atom stereocenters. The quantitative estimate of drug-likeness (QED) is 0.569. The van der Waals surface area contributed by atoms with Crippen molar-refractivity contribution in [3.8, 4) is 0 Å². The van der Waals surface area contributed by atoms with Crippen LogP contribution >= 0.6 is 0 Å². The highest BCUT2D eigenvalue weighted by Gasteiger charge is 2.32. The molecule has 1 aliphatic rings. The molecule has 1 saturated heterocycles. The lowest BCUT2D eigenvalue weighted by Crippen LogP contribution is -2.38. The zero-order valence-electron chi connectivity index (χ0n) is 9.11. The first-order valence-corrected chi connectivity index (χ1v) is 5.26. The van der Waals surface area contributed by atoms with Gasteiger partial charge in [-0.15, -0.1) is 0 Å². The molecule has 90 valence electrons. The first-order valence-electron chi connectivity index (χ1n) is 5.26. The van der Waals surface area contributed by atoms with Gasteiger partial charge < -0.3 is 24.8 Å². The lowest BCUT2D eigenvalue weighted by Gasteiger charge is -2.26. The van der Waals surface area contributed by atoms with E-state index in [0.29, 0.717) is 32.5 Å². The van der Waals surface area contributed by atoms with Crippen molar-refractivity contribution in [1.29, 1.82) is 0 Å². The maximum Gasteiger partial charge on any atom is 0.165 e. The zero-order chi connectivity index (χ0) is 11.4. The van der Waals surface area contributed by atoms with Crippen molar-refractivity contribution in [2.45, 2.75) is 37.6 Å². The summed E-state index contributed by atoms with van der Waals surface area (Å²) in [6, 6.07) is 0. The number of rotatable bonds is 6. The smallest absolute Gasteiger partial charge is 0.165 e. The molecule has 0 aromatic carbocycles. The fraction of sp³-hybridized carbons (Fsp3) is 1.00. The molecule has 1 aliphatic heterocycles. The highest BCUT2D eigenvalue weighted by molar-refractivity contribution is 4.78. The number of hydrogen-bond acceptors (Lipinski definition) is 5. The van der Waals surface area contributed by atoms with Gasteiger partial charge in [0.15, 0.2) is 5.79 Å². The number of ether oxygens (including phenoxy) is 2. The fourth-order valence-electron chi connectivity index (χ4n) is 1.65. The summed E-state index contributed by atoms with van der Waals surface area (Å²) in [5.74, 6) is -0.564. The van der Waals surface area contributed by atoms with Gasteiger partial charge in [-0.05, 0) is 19.8 Å². The molecule has 0 unspecified atom stereocenters. The summed E-state index contributed by atoms with van der Waals surface area (Å²) in [5, 5.41) is 27.3. The van der Waals surface area contributed by atoms with Crippen LogP contribution in [-0.4, -0.2) is 53.1 Å². The Morgan fingerprint density at radius 1 is 1.20 bits per heavy atom. The van der Waals surface area contributed by atoms with Crippen LogP contribution in [-0.2, 0) is 9.47 Å². The number of aliphatic hydroxyl groups excluding tert-OH is 2. The Morgan fingerprint density at radius 3 is 2.20 bits per heavy atom. The van der Waals surface area contributed by atoms with Crippen molar-refractivity contribution in [3.63, 3.8) is 0 Å². The predicted octanol–water partition coefficient (Wildman–Crippen LogP) is -0.365. The van der Waals surface area contributed by atoms with Crippen LogP contribution in [0.5, 0.6) is 0 Å². The Balaban J connectivity index is 2.25. The van der Waals surface area contributed by atoms with Crippen LogP contribution in [0, 0.1) is 0 Å². The van der Waals surface area contributed by atoms with Gasteiger partial charge in [0.25, 0.3) is 0 Å². The molecule has 0 saturated carbocycles. The first kappa shape index (κ1) is 12.9. The molecule has 0 radical (unpaired) electrons. The molecule has 5 nitrogen and oxygen atoms in total. The summed E-state index contributed by atoms with van der Waals surface area (Å²) in [6.07, 6.45) is 1.62. The number of aliphatic hydroxyl groups is 3. The van der Waals surface area contributed by atoms with E-state index in [2.05, 4.69) is 0 Å². The van der Waals surface area contributed by atoms with Gasteiger partial charge in [-0.25, -0.2) is 0 Å². The average Bonchev–Trinajstić information content (AvgIpc) is 2.65. The summed E-state index contributed by atoms with van der Waals surface area (Å²) >= 11 is 0. The second-order valence-corrected chi connectivity index (χ2v) is 4.22. The monoisotopic (exact) mass is 220 g/mol. The van der Waals surface area contributed by atoms with Crippen LogP contribution < -0.4 is 0 Å². The Hall–Kier alpha value is -0.200. The van der Waals surface area contributed by atoms with Gasteiger partial charge in [-0.1, -0.05) is 0 Å². The van der Waals surface area contributed by atoms with Crippen molar-refractivity contribution in [2.24, 2.45) is 0 Å². The summed E-state index contributed by atoms with van der Waals surface area (Å²) in [4.78, 5) is 0. The summed E-state index contributed by atoms with van der Waals surface area (Å²) < 4.78 is 10.8. The van der Waals surface area contributed by atoms with Gasteiger partial charge in [0.05, 0.1) is 26.4 Å². The van der Waals surface area contributed by atoms with E-state index in [1.54, 1.807) is 0 Å². The van der Waals surface area contributed by atoms with Crippen molar-refractivity contribution < 1.29 is 24.8 Å². The van der Waals surface area contributed by atoms with E-state index in [-0.39, 0.29) is 0 Å². The molecular weight excluding hydrogens is 200 g/mol. The number of hydrogen-bond donors (Lipinski definition) is 3. The van der Waals surface area contributed by atoms with Crippen LogP contribution in [0.3, 0.4) is 0 Å². The minimum absolute atomic E-state index is 0.336. The molecule has 15 heavy (non-hydrogen) atoms. The van der Waals surface area contributed by atoms with Gasteiger partial charge >= 0.3 is 0 Å². The van der Waals surface area contributed by atoms with E-state index in [4.69, 9.17) is 19.7 Å². The highest BCUT2D eigenvalue weighted by atomic mass is 16.7. The Bertz CT molecular complexity index is 180. The van der Waals surface area contributed by atoms with Gasteiger partial charge in [0.1, 0.15) is 5.60 Å². The molecule has 0 amide bonds. The Labute approximate surface area is 89.6 Å². The van der Waals surface area contributed by atoms with Crippen molar-refractivity contribution in [3.05, 3.63) is 0 Å². The average molecular weight is 220 g/mol. The lowest BCUT2D eigenvalue weighted by molar-refractivity contribution is -0.151. The van der Waals surface area contributed by atoms with E-state index in [1.165, 1.54) is 0 Å². The fourth-order valence-corrected chi connectivity index (χ4v) is 1.65. The molecular formula is C10H20O5. The second kappa shape index (κ2) is 5.23. The molecule has 0 spiro atoms. The molecule has 3 N–H and O–H groups in total. The first-order chi connectivity index (χ1) is 7.04. The molecule has 0 bridgehead atoms. The van der Waals surface area contributed by atoms with Crippen molar-refractivity contribution in [2.75, 3.05) is 26.4 Å². The van der Waals surface area contributed by atoms with E-state index in [1.807, 2.05) is 6.92 Å². The zero-order valence-corrected chi connectivity index (χ0v) is 9.11. The SMILES string of the molecule is CC1(CCCC(O)(CO)CO)OCCO1. The molecule has 0 aliphatic carbocycles.